The number of nitrogens with one attached hydrogen (secondary N) is 1. The van der Waals surface area contributed by atoms with Crippen LogP contribution in [0.25, 0.3) is 0 Å². The number of unbranched alkanes of at least 4 members (excludes halogenated alkanes) is 1. The predicted molar refractivity (Wildman–Crippen MR) is 89.6 cm³/mol. The zero-order valence-corrected chi connectivity index (χ0v) is 12.8. The van der Waals surface area contributed by atoms with Crippen molar-refractivity contribution in [2.24, 2.45) is 0 Å². The minimum absolute atomic E-state index is 0.434. The number of hydrogen-bond donors (Lipinski definition) is 1. The standard InChI is InChI=1S/C19H24N2/c1-2-3-13-21(17-10-5-4-6-11-17)19-15-20-14-16-9-7-8-12-18(16)19/h4-12,19-20H,2-3,13-15H2,1H3. The number of fused-ring (bicyclic) bond motifs is 1. The van der Waals surface area contributed by atoms with Crippen LogP contribution in [0.5, 0.6) is 0 Å². The monoisotopic (exact) mass is 280 g/mol. The van der Waals surface area contributed by atoms with Crippen LogP contribution in [0.1, 0.15) is 36.9 Å². The van der Waals surface area contributed by atoms with Crippen molar-refractivity contribution in [1.29, 1.82) is 0 Å². The summed E-state index contributed by atoms with van der Waals surface area (Å²) in [5.74, 6) is 0. The average Bonchev–Trinajstić information content (AvgIpc) is 2.56. The molecule has 110 valence electrons. The summed E-state index contributed by atoms with van der Waals surface area (Å²) in [5, 5.41) is 3.58. The molecule has 1 atom stereocenters. The van der Waals surface area contributed by atoms with Gasteiger partial charge in [0.1, 0.15) is 0 Å². The Hall–Kier alpha value is -1.80. The Morgan fingerprint density at radius 2 is 1.81 bits per heavy atom. The molecule has 0 bridgehead atoms. The van der Waals surface area contributed by atoms with Crippen LogP contribution in [0.4, 0.5) is 5.69 Å². The average molecular weight is 280 g/mol. The molecular formula is C19H24N2. The Morgan fingerprint density at radius 3 is 2.62 bits per heavy atom. The molecule has 3 rings (SSSR count). The number of hydrogen-bond acceptors (Lipinski definition) is 2. The van der Waals surface area contributed by atoms with Crippen molar-refractivity contribution < 1.29 is 0 Å². The van der Waals surface area contributed by atoms with E-state index in [1.807, 2.05) is 0 Å². The molecule has 0 aromatic heterocycles. The van der Waals surface area contributed by atoms with Gasteiger partial charge in [-0.1, -0.05) is 55.8 Å². The molecule has 1 aliphatic rings. The van der Waals surface area contributed by atoms with E-state index < -0.39 is 0 Å². The van der Waals surface area contributed by atoms with E-state index in [2.05, 4.69) is 71.7 Å². The normalized spacial score (nSPS) is 17.3. The fourth-order valence-corrected chi connectivity index (χ4v) is 3.16. The van der Waals surface area contributed by atoms with Gasteiger partial charge in [-0.3, -0.25) is 0 Å². The number of benzene rings is 2. The quantitative estimate of drug-likeness (QED) is 0.885. The van der Waals surface area contributed by atoms with E-state index in [9.17, 15) is 0 Å². The zero-order valence-electron chi connectivity index (χ0n) is 12.8. The maximum Gasteiger partial charge on any atom is 0.0670 e. The summed E-state index contributed by atoms with van der Waals surface area (Å²) in [6.07, 6.45) is 2.46. The van der Waals surface area contributed by atoms with Gasteiger partial charge in [-0.25, -0.2) is 0 Å². The molecule has 21 heavy (non-hydrogen) atoms. The first-order valence-corrected chi connectivity index (χ1v) is 8.00. The fraction of sp³-hybridized carbons (Fsp3) is 0.368. The third-order valence-electron chi connectivity index (χ3n) is 4.28. The summed E-state index contributed by atoms with van der Waals surface area (Å²) in [6, 6.07) is 20.1. The Morgan fingerprint density at radius 1 is 1.05 bits per heavy atom. The van der Waals surface area contributed by atoms with Crippen molar-refractivity contribution in [3.05, 3.63) is 65.7 Å². The second-order valence-corrected chi connectivity index (χ2v) is 5.73. The molecular weight excluding hydrogens is 256 g/mol. The van der Waals surface area contributed by atoms with Gasteiger partial charge in [0.2, 0.25) is 0 Å². The molecule has 0 aliphatic carbocycles. The number of nitrogens with zero attached hydrogens (tertiary/aromatic N) is 1. The van der Waals surface area contributed by atoms with Crippen LogP contribution in [0.15, 0.2) is 54.6 Å². The Balaban J connectivity index is 1.94. The van der Waals surface area contributed by atoms with Crippen molar-refractivity contribution in [2.75, 3.05) is 18.0 Å². The molecule has 0 saturated carbocycles. The Bertz CT molecular complexity index is 565. The van der Waals surface area contributed by atoms with Crippen LogP contribution in [-0.2, 0) is 6.54 Å². The van der Waals surface area contributed by atoms with Crippen LogP contribution in [0, 0.1) is 0 Å². The van der Waals surface area contributed by atoms with E-state index in [1.165, 1.54) is 29.7 Å². The van der Waals surface area contributed by atoms with E-state index in [-0.39, 0.29) is 0 Å². The highest BCUT2D eigenvalue weighted by Gasteiger charge is 2.25. The molecule has 0 amide bonds. The van der Waals surface area contributed by atoms with Crippen molar-refractivity contribution in [1.82, 2.24) is 5.32 Å². The highest BCUT2D eigenvalue weighted by Crippen LogP contribution is 2.31. The summed E-state index contributed by atoms with van der Waals surface area (Å²) < 4.78 is 0. The third kappa shape index (κ3) is 3.11. The molecule has 1 heterocycles. The van der Waals surface area contributed by atoms with Gasteiger partial charge < -0.3 is 10.2 Å². The van der Waals surface area contributed by atoms with Crippen LogP contribution in [0.2, 0.25) is 0 Å². The van der Waals surface area contributed by atoms with Crippen molar-refractivity contribution >= 4 is 5.69 Å². The van der Waals surface area contributed by atoms with E-state index in [4.69, 9.17) is 0 Å². The molecule has 2 nitrogen and oxygen atoms in total. The molecule has 0 radical (unpaired) electrons. The van der Waals surface area contributed by atoms with Gasteiger partial charge in [0, 0.05) is 25.3 Å². The predicted octanol–water partition coefficient (Wildman–Crippen LogP) is 4.14. The minimum atomic E-state index is 0.434. The van der Waals surface area contributed by atoms with E-state index >= 15 is 0 Å². The lowest BCUT2D eigenvalue weighted by atomic mass is 9.95. The highest BCUT2D eigenvalue weighted by molar-refractivity contribution is 5.50. The zero-order chi connectivity index (χ0) is 14.5. The third-order valence-corrected chi connectivity index (χ3v) is 4.28. The summed E-state index contributed by atoms with van der Waals surface area (Å²) in [5.41, 5.74) is 4.25. The van der Waals surface area contributed by atoms with Crippen molar-refractivity contribution in [3.63, 3.8) is 0 Å². The lowest BCUT2D eigenvalue weighted by Crippen LogP contribution is -2.40. The van der Waals surface area contributed by atoms with Gasteiger partial charge in [-0.05, 0) is 29.7 Å². The second-order valence-electron chi connectivity index (χ2n) is 5.73. The molecule has 2 aromatic rings. The number of anilines is 1. The van der Waals surface area contributed by atoms with Crippen LogP contribution in [0.3, 0.4) is 0 Å². The van der Waals surface area contributed by atoms with Crippen molar-refractivity contribution in [3.8, 4) is 0 Å². The van der Waals surface area contributed by atoms with Gasteiger partial charge >= 0.3 is 0 Å². The lowest BCUT2D eigenvalue weighted by molar-refractivity contribution is 0.507. The molecule has 0 spiro atoms. The number of para-hydroxylation sites is 1. The number of rotatable bonds is 5. The maximum absolute atomic E-state index is 3.58. The van der Waals surface area contributed by atoms with Gasteiger partial charge in [-0.2, -0.15) is 0 Å². The molecule has 0 saturated heterocycles. The Kier molecular flexibility index (Phi) is 4.56. The van der Waals surface area contributed by atoms with Gasteiger partial charge in [0.05, 0.1) is 6.04 Å². The SMILES string of the molecule is CCCCN(c1ccccc1)C1CNCc2ccccc21. The summed E-state index contributed by atoms with van der Waals surface area (Å²) in [4.78, 5) is 2.56. The maximum atomic E-state index is 3.58. The van der Waals surface area contributed by atoms with Gasteiger partial charge in [0.25, 0.3) is 0 Å². The topological polar surface area (TPSA) is 15.3 Å². The molecule has 1 aliphatic heterocycles. The molecule has 1 unspecified atom stereocenters. The summed E-state index contributed by atoms with van der Waals surface area (Å²) in [6.45, 7) is 5.39. The summed E-state index contributed by atoms with van der Waals surface area (Å²) in [7, 11) is 0. The van der Waals surface area contributed by atoms with Crippen molar-refractivity contribution in [2.45, 2.75) is 32.4 Å². The second kappa shape index (κ2) is 6.77. The van der Waals surface area contributed by atoms with Gasteiger partial charge in [0.15, 0.2) is 0 Å². The molecule has 2 heteroatoms. The fourth-order valence-electron chi connectivity index (χ4n) is 3.16. The van der Waals surface area contributed by atoms with Gasteiger partial charge in [-0.15, -0.1) is 0 Å². The van der Waals surface area contributed by atoms with Crippen LogP contribution >= 0.6 is 0 Å². The van der Waals surface area contributed by atoms with E-state index in [0.717, 1.165) is 19.6 Å². The molecule has 2 aromatic carbocycles. The van der Waals surface area contributed by atoms with E-state index in [0.29, 0.717) is 6.04 Å². The smallest absolute Gasteiger partial charge is 0.0670 e. The van der Waals surface area contributed by atoms with Crippen LogP contribution < -0.4 is 10.2 Å². The first kappa shape index (κ1) is 14.2. The highest BCUT2D eigenvalue weighted by atomic mass is 15.2. The Labute approximate surface area is 127 Å². The first-order valence-electron chi connectivity index (χ1n) is 8.00. The first-order chi connectivity index (χ1) is 10.4. The minimum Gasteiger partial charge on any atom is -0.363 e. The van der Waals surface area contributed by atoms with E-state index in [1.54, 1.807) is 0 Å². The van der Waals surface area contributed by atoms with Crippen LogP contribution in [-0.4, -0.2) is 13.1 Å². The largest absolute Gasteiger partial charge is 0.363 e. The molecule has 0 fully saturated rings. The molecule has 1 N–H and O–H groups in total. The lowest BCUT2D eigenvalue weighted by Gasteiger charge is -2.38. The summed E-state index contributed by atoms with van der Waals surface area (Å²) >= 11 is 0.